The molecule has 10 heteroatoms. The first-order valence-corrected chi connectivity index (χ1v) is 10.6. The number of primary amides is 1. The minimum Gasteiger partial charge on any atom is -0.497 e. The minimum absolute atomic E-state index is 0.00257. The molecule has 0 aliphatic carbocycles. The molecule has 170 valence electrons. The molecule has 3 N–H and O–H groups in total. The number of hydrogen-bond acceptors (Lipinski definition) is 6. The van der Waals surface area contributed by atoms with Crippen molar-refractivity contribution < 1.29 is 19.1 Å². The number of nitrogens with one attached hydrogen (secondary N) is 1. The summed E-state index contributed by atoms with van der Waals surface area (Å²) in [5.74, 6) is 7.27. The van der Waals surface area contributed by atoms with Crippen LogP contribution < -0.4 is 20.5 Å². The molecule has 2 aromatic rings. The molecule has 3 rings (SSSR count). The van der Waals surface area contributed by atoms with Gasteiger partial charge in [-0.1, -0.05) is 5.92 Å². The Morgan fingerprint density at radius 2 is 1.94 bits per heavy atom. The van der Waals surface area contributed by atoms with E-state index in [9.17, 15) is 9.59 Å². The molecule has 1 atom stereocenters. The smallest absolute Gasteiger partial charge is 0.255 e. The van der Waals surface area contributed by atoms with E-state index in [-0.39, 0.29) is 29.1 Å². The zero-order valence-corrected chi connectivity index (χ0v) is 19.0. The average molecular weight is 460 g/mol. The summed E-state index contributed by atoms with van der Waals surface area (Å²) < 4.78 is 12.2. The third-order valence-electron chi connectivity index (χ3n) is 5.24. The molecule has 2 heterocycles. The molecule has 1 aliphatic rings. The zero-order chi connectivity index (χ0) is 23.3. The molecule has 2 amide bonds. The van der Waals surface area contributed by atoms with E-state index < -0.39 is 5.91 Å². The Bertz CT molecular complexity index is 1050. The van der Waals surface area contributed by atoms with Crippen molar-refractivity contribution in [3.05, 3.63) is 35.0 Å². The monoisotopic (exact) mass is 459 g/mol. The van der Waals surface area contributed by atoms with Gasteiger partial charge in [-0.25, -0.2) is 4.68 Å². The number of rotatable bonds is 7. The van der Waals surface area contributed by atoms with Gasteiger partial charge in [0.1, 0.15) is 22.9 Å². The van der Waals surface area contributed by atoms with Gasteiger partial charge in [0.2, 0.25) is 5.91 Å². The molecule has 1 aromatic heterocycles. The molecule has 1 fully saturated rings. The third kappa shape index (κ3) is 4.92. The Morgan fingerprint density at radius 1 is 1.25 bits per heavy atom. The number of benzene rings is 1. The van der Waals surface area contributed by atoms with Crippen molar-refractivity contribution in [1.82, 2.24) is 14.7 Å². The summed E-state index contributed by atoms with van der Waals surface area (Å²) in [4.78, 5) is 26.2. The highest BCUT2D eigenvalue weighted by atomic mass is 35.5. The van der Waals surface area contributed by atoms with E-state index in [1.807, 2.05) is 0 Å². The second-order valence-electron chi connectivity index (χ2n) is 7.20. The quantitative estimate of drug-likeness (QED) is 0.482. The Hall–Kier alpha value is -3.38. The van der Waals surface area contributed by atoms with Gasteiger partial charge in [-0.15, -0.1) is 11.6 Å². The number of carbonyl (C=O) groups excluding carboxylic acids is 2. The van der Waals surface area contributed by atoms with Crippen LogP contribution in [0.3, 0.4) is 0 Å². The van der Waals surface area contributed by atoms with Crippen LogP contribution in [0.1, 0.15) is 40.5 Å². The van der Waals surface area contributed by atoms with Gasteiger partial charge in [0.15, 0.2) is 5.69 Å². The number of likely N-dealkylation sites (tertiary alicyclic amines) is 1. The number of ether oxygens (including phenoxy) is 2. The summed E-state index contributed by atoms with van der Waals surface area (Å²) in [6.07, 6.45) is 0.988. The molecular weight excluding hydrogens is 434 g/mol. The van der Waals surface area contributed by atoms with Crippen LogP contribution in [0.5, 0.6) is 11.5 Å². The van der Waals surface area contributed by atoms with E-state index in [1.165, 1.54) is 0 Å². The minimum atomic E-state index is -0.638. The Kier molecular flexibility index (Phi) is 7.49. The van der Waals surface area contributed by atoms with Crippen LogP contribution in [0.2, 0.25) is 0 Å². The first-order valence-electron chi connectivity index (χ1n) is 10.1. The van der Waals surface area contributed by atoms with E-state index in [4.69, 9.17) is 26.8 Å². The van der Waals surface area contributed by atoms with Gasteiger partial charge in [-0.3, -0.25) is 9.59 Å². The highest BCUT2D eigenvalue weighted by Gasteiger charge is 2.31. The molecule has 32 heavy (non-hydrogen) atoms. The molecule has 0 unspecified atom stereocenters. The molecule has 0 saturated carbocycles. The largest absolute Gasteiger partial charge is 0.497 e. The number of nitrogens with zero attached hydrogens (tertiary/aromatic N) is 3. The van der Waals surface area contributed by atoms with Crippen molar-refractivity contribution in [2.75, 3.05) is 45.6 Å². The number of carbonyl (C=O) groups is 2. The molecule has 0 bridgehead atoms. The summed E-state index contributed by atoms with van der Waals surface area (Å²) in [5.41, 5.74) is 6.76. The second-order valence-corrected chi connectivity index (χ2v) is 7.58. The lowest BCUT2D eigenvalue weighted by atomic mass is 10.1. The average Bonchev–Trinajstić information content (AvgIpc) is 3.42. The topological polar surface area (TPSA) is 112 Å². The molecule has 9 nitrogen and oxygen atoms in total. The van der Waals surface area contributed by atoms with Crippen molar-refractivity contribution in [3.63, 3.8) is 0 Å². The maximum Gasteiger partial charge on any atom is 0.255 e. The molecule has 0 spiro atoms. The van der Waals surface area contributed by atoms with Crippen LogP contribution >= 0.6 is 11.6 Å². The predicted octanol–water partition coefficient (Wildman–Crippen LogP) is 1.84. The maximum atomic E-state index is 12.2. The standard InChI is InChI=1S/C22H26ClN5O4/c1-25-22-20(21(24)30)18(5-4-14-10-16(31-2)12-17(11-14)32-3)26-28(22)15-7-9-27(13-15)19(29)6-8-23/h10-12,15,25H,6-9,13H2,1-3H3,(H2,24,30)/t15-/m0/s1. The summed E-state index contributed by atoms with van der Waals surface area (Å²) >= 11 is 5.70. The summed E-state index contributed by atoms with van der Waals surface area (Å²) in [6.45, 7) is 1.07. The van der Waals surface area contributed by atoms with Crippen LogP contribution in [-0.2, 0) is 4.79 Å². The lowest BCUT2D eigenvalue weighted by Gasteiger charge is -2.17. The van der Waals surface area contributed by atoms with Crippen molar-refractivity contribution in [2.24, 2.45) is 5.73 Å². The van der Waals surface area contributed by atoms with E-state index in [0.29, 0.717) is 48.8 Å². The zero-order valence-electron chi connectivity index (χ0n) is 18.3. The van der Waals surface area contributed by atoms with Crippen molar-refractivity contribution in [1.29, 1.82) is 0 Å². The Labute approximate surface area is 191 Å². The first-order chi connectivity index (χ1) is 15.4. The fourth-order valence-electron chi connectivity index (χ4n) is 3.68. The molecule has 1 saturated heterocycles. The number of anilines is 1. The summed E-state index contributed by atoms with van der Waals surface area (Å²) in [7, 11) is 4.80. The normalized spacial score (nSPS) is 15.1. The molecule has 1 aliphatic heterocycles. The number of methoxy groups -OCH3 is 2. The SMILES string of the molecule is CNc1c(C(N)=O)c(C#Cc2cc(OC)cc(OC)c2)nn1[C@H]1CCN(C(=O)CCCl)C1. The summed E-state index contributed by atoms with van der Waals surface area (Å²) in [5, 5.41) is 7.59. The number of nitrogens with two attached hydrogens (primary N) is 1. The van der Waals surface area contributed by atoms with Gasteiger partial charge in [0.05, 0.1) is 20.3 Å². The maximum absolute atomic E-state index is 12.2. The van der Waals surface area contributed by atoms with Gasteiger partial charge in [-0.05, 0) is 24.5 Å². The van der Waals surface area contributed by atoms with E-state index in [0.717, 1.165) is 0 Å². The number of aromatic nitrogens is 2. The molecule has 1 aromatic carbocycles. The lowest BCUT2D eigenvalue weighted by molar-refractivity contribution is -0.129. The van der Waals surface area contributed by atoms with Gasteiger partial charge >= 0.3 is 0 Å². The van der Waals surface area contributed by atoms with E-state index >= 15 is 0 Å². The third-order valence-corrected chi connectivity index (χ3v) is 5.43. The van der Waals surface area contributed by atoms with Gasteiger partial charge in [-0.2, -0.15) is 5.10 Å². The lowest BCUT2D eigenvalue weighted by Crippen LogP contribution is -2.29. The van der Waals surface area contributed by atoms with Crippen molar-refractivity contribution in [3.8, 4) is 23.3 Å². The van der Waals surface area contributed by atoms with Crippen LogP contribution in [0, 0.1) is 11.8 Å². The molecule has 0 radical (unpaired) electrons. The van der Waals surface area contributed by atoms with E-state index in [1.54, 1.807) is 49.0 Å². The summed E-state index contributed by atoms with van der Waals surface area (Å²) in [6, 6.07) is 5.15. The fraction of sp³-hybridized carbons (Fsp3) is 0.409. The number of hydrogen-bond donors (Lipinski definition) is 2. The fourth-order valence-corrected chi connectivity index (χ4v) is 3.84. The number of halogens is 1. The highest BCUT2D eigenvalue weighted by Crippen LogP contribution is 2.29. The van der Waals surface area contributed by atoms with Gasteiger partial charge in [0.25, 0.3) is 5.91 Å². The second kappa shape index (κ2) is 10.3. The van der Waals surface area contributed by atoms with Crippen LogP contribution in [0.25, 0.3) is 0 Å². The Morgan fingerprint density at radius 3 is 2.50 bits per heavy atom. The Balaban J connectivity index is 1.97. The van der Waals surface area contributed by atoms with Crippen LogP contribution in [-0.4, -0.2) is 66.7 Å². The predicted molar refractivity (Wildman–Crippen MR) is 121 cm³/mol. The van der Waals surface area contributed by atoms with Crippen LogP contribution in [0.15, 0.2) is 18.2 Å². The highest BCUT2D eigenvalue weighted by molar-refractivity contribution is 6.18. The first kappa shape index (κ1) is 23.3. The van der Waals surface area contributed by atoms with Gasteiger partial charge in [0, 0.05) is 44.1 Å². The van der Waals surface area contributed by atoms with Crippen LogP contribution in [0.4, 0.5) is 5.82 Å². The number of alkyl halides is 1. The van der Waals surface area contributed by atoms with Gasteiger partial charge < -0.3 is 25.4 Å². The van der Waals surface area contributed by atoms with E-state index in [2.05, 4.69) is 22.3 Å². The molecular formula is C22H26ClN5O4. The van der Waals surface area contributed by atoms with Crippen molar-refractivity contribution in [2.45, 2.75) is 18.9 Å². The van der Waals surface area contributed by atoms with Crippen molar-refractivity contribution >= 4 is 29.2 Å². The number of amides is 2.